The van der Waals surface area contributed by atoms with Gasteiger partial charge < -0.3 is 10.1 Å². The van der Waals surface area contributed by atoms with Gasteiger partial charge in [0.1, 0.15) is 11.6 Å². The van der Waals surface area contributed by atoms with Crippen molar-refractivity contribution in [1.82, 2.24) is 19.1 Å². The molecular weight excluding hydrogens is 486 g/mol. The van der Waals surface area contributed by atoms with E-state index in [-0.39, 0.29) is 10.8 Å². The molecular formula is C24H27N5O4S2. The maximum Gasteiger partial charge on any atom is 0.256 e. The minimum atomic E-state index is -3.60. The number of sulfonamides is 1. The number of nitrogens with zero attached hydrogens (tertiary/aromatic N) is 4. The number of thiazole rings is 1. The first-order chi connectivity index (χ1) is 16.7. The van der Waals surface area contributed by atoms with Gasteiger partial charge in [-0.2, -0.15) is 9.78 Å². The molecule has 35 heavy (non-hydrogen) atoms. The Labute approximate surface area is 208 Å². The van der Waals surface area contributed by atoms with Gasteiger partial charge in [0.2, 0.25) is 15.2 Å². The van der Waals surface area contributed by atoms with E-state index in [0.717, 1.165) is 28.8 Å². The Morgan fingerprint density at radius 2 is 1.91 bits per heavy atom. The molecule has 0 spiro atoms. The maximum absolute atomic E-state index is 13.0. The summed E-state index contributed by atoms with van der Waals surface area (Å²) in [5, 5.41) is 7.96. The Kier molecular flexibility index (Phi) is 7.20. The van der Waals surface area contributed by atoms with Crippen molar-refractivity contribution in [3.63, 3.8) is 0 Å². The van der Waals surface area contributed by atoms with Crippen molar-refractivity contribution < 1.29 is 17.9 Å². The van der Waals surface area contributed by atoms with Crippen molar-refractivity contribution in [1.29, 1.82) is 0 Å². The molecule has 0 unspecified atom stereocenters. The molecule has 0 bridgehead atoms. The molecule has 4 rings (SSSR count). The number of unbranched alkanes of at least 4 members (excludes halogenated alkanes) is 1. The molecule has 2 aromatic carbocycles. The minimum Gasteiger partial charge on any atom is -0.497 e. The maximum atomic E-state index is 13.0. The predicted octanol–water partition coefficient (Wildman–Crippen LogP) is 4.47. The topological polar surface area (TPSA) is 106 Å². The van der Waals surface area contributed by atoms with Crippen molar-refractivity contribution in [2.45, 2.75) is 31.6 Å². The van der Waals surface area contributed by atoms with Crippen LogP contribution in [-0.4, -0.2) is 54.1 Å². The number of nitrogens with one attached hydrogen (secondary N) is 1. The second-order valence-corrected chi connectivity index (χ2v) is 11.1. The van der Waals surface area contributed by atoms with E-state index in [9.17, 15) is 13.2 Å². The summed E-state index contributed by atoms with van der Waals surface area (Å²) >= 11 is 1.43. The largest absolute Gasteiger partial charge is 0.497 e. The van der Waals surface area contributed by atoms with Crippen LogP contribution >= 0.6 is 11.3 Å². The van der Waals surface area contributed by atoms with Gasteiger partial charge >= 0.3 is 0 Å². The van der Waals surface area contributed by atoms with Gasteiger partial charge in [-0.1, -0.05) is 24.7 Å². The zero-order valence-electron chi connectivity index (χ0n) is 20.0. The highest BCUT2D eigenvalue weighted by molar-refractivity contribution is 7.89. The summed E-state index contributed by atoms with van der Waals surface area (Å²) in [4.78, 5) is 17.7. The molecule has 184 valence electrons. The van der Waals surface area contributed by atoms with Crippen molar-refractivity contribution in [2.75, 3.05) is 26.0 Å². The second kappa shape index (κ2) is 10.1. The highest BCUT2D eigenvalue weighted by Gasteiger charge is 2.21. The van der Waals surface area contributed by atoms with E-state index in [4.69, 9.17) is 4.74 Å². The van der Waals surface area contributed by atoms with Crippen molar-refractivity contribution in [3.05, 3.63) is 59.8 Å². The molecule has 0 aliphatic carbocycles. The molecule has 11 heteroatoms. The summed E-state index contributed by atoms with van der Waals surface area (Å²) in [5.74, 6) is 0.826. The zero-order chi connectivity index (χ0) is 25.2. The standard InChI is InChI=1S/C24H27N5O4S2/c1-5-6-13-28(3)35(31,32)19-10-7-17(8-11-19)23(30)26-22-14-16(2)27-29(22)24-25-20-12-9-18(33-4)15-21(20)34-24/h7-12,14-15H,5-6,13H2,1-4H3,(H,26,30). The quantitative estimate of drug-likeness (QED) is 0.354. The minimum absolute atomic E-state index is 0.151. The van der Waals surface area contributed by atoms with Crippen molar-refractivity contribution in [2.24, 2.45) is 0 Å². The van der Waals surface area contributed by atoms with Gasteiger partial charge in [0.05, 0.1) is 27.9 Å². The zero-order valence-corrected chi connectivity index (χ0v) is 21.6. The molecule has 0 radical (unpaired) electrons. The number of rotatable bonds is 9. The number of anilines is 1. The average Bonchev–Trinajstić information content (AvgIpc) is 3.44. The summed E-state index contributed by atoms with van der Waals surface area (Å²) in [6.07, 6.45) is 1.69. The number of aromatic nitrogens is 3. The normalized spacial score (nSPS) is 11.8. The van der Waals surface area contributed by atoms with Crippen LogP contribution in [0.2, 0.25) is 0 Å². The van der Waals surface area contributed by atoms with Crippen LogP contribution in [0.5, 0.6) is 5.75 Å². The Morgan fingerprint density at radius 1 is 1.17 bits per heavy atom. The second-order valence-electron chi connectivity index (χ2n) is 8.07. The van der Waals surface area contributed by atoms with Crippen LogP contribution < -0.4 is 10.1 Å². The number of benzene rings is 2. The fourth-order valence-corrected chi connectivity index (χ4v) is 5.66. The van der Waals surface area contributed by atoms with Crippen LogP contribution in [0.3, 0.4) is 0 Å². The number of ether oxygens (including phenoxy) is 1. The number of carbonyl (C=O) groups is 1. The molecule has 0 fully saturated rings. The van der Waals surface area contributed by atoms with E-state index in [1.54, 1.807) is 24.9 Å². The fraction of sp³-hybridized carbons (Fsp3) is 0.292. The third-order valence-corrected chi connectivity index (χ3v) is 8.35. The summed E-state index contributed by atoms with van der Waals surface area (Å²) in [5.41, 5.74) is 1.85. The first-order valence-corrected chi connectivity index (χ1v) is 13.4. The fourth-order valence-electron chi connectivity index (χ4n) is 3.49. The number of methoxy groups -OCH3 is 1. The summed E-state index contributed by atoms with van der Waals surface area (Å²) in [7, 11) is -0.424. The predicted molar refractivity (Wildman–Crippen MR) is 137 cm³/mol. The number of aryl methyl sites for hydroxylation is 1. The van der Waals surface area contributed by atoms with E-state index < -0.39 is 10.0 Å². The van der Waals surface area contributed by atoms with Gasteiger partial charge in [0.25, 0.3) is 5.91 Å². The summed E-state index contributed by atoms with van der Waals surface area (Å²) in [6.45, 7) is 4.29. The van der Waals surface area contributed by atoms with Crippen molar-refractivity contribution in [3.8, 4) is 10.9 Å². The molecule has 0 saturated heterocycles. The van der Waals surface area contributed by atoms with Crippen LogP contribution in [0.15, 0.2) is 53.4 Å². The molecule has 1 amide bonds. The van der Waals surface area contributed by atoms with Gasteiger partial charge in [0.15, 0.2) is 0 Å². The molecule has 1 N–H and O–H groups in total. The Morgan fingerprint density at radius 3 is 2.60 bits per heavy atom. The van der Waals surface area contributed by atoms with Crippen LogP contribution in [0.25, 0.3) is 15.3 Å². The number of carbonyl (C=O) groups excluding carboxylic acids is 1. The Bertz CT molecular complexity index is 1460. The van der Waals surface area contributed by atoms with Gasteiger partial charge in [-0.05, 0) is 55.8 Å². The van der Waals surface area contributed by atoms with Crippen LogP contribution in [0, 0.1) is 6.92 Å². The lowest BCUT2D eigenvalue weighted by atomic mass is 10.2. The van der Waals surface area contributed by atoms with E-state index in [2.05, 4.69) is 15.4 Å². The van der Waals surface area contributed by atoms with Crippen LogP contribution in [0.4, 0.5) is 5.82 Å². The number of amides is 1. The third kappa shape index (κ3) is 5.21. The average molecular weight is 514 g/mol. The van der Waals surface area contributed by atoms with Crippen molar-refractivity contribution >= 4 is 43.3 Å². The van der Waals surface area contributed by atoms with Gasteiger partial charge in [-0.25, -0.2) is 17.7 Å². The van der Waals surface area contributed by atoms with Crippen LogP contribution in [-0.2, 0) is 10.0 Å². The van der Waals surface area contributed by atoms with E-state index >= 15 is 0 Å². The first kappa shape index (κ1) is 24.8. The highest BCUT2D eigenvalue weighted by Crippen LogP contribution is 2.30. The molecule has 9 nitrogen and oxygen atoms in total. The lowest BCUT2D eigenvalue weighted by Gasteiger charge is -2.17. The first-order valence-electron chi connectivity index (χ1n) is 11.1. The summed E-state index contributed by atoms with van der Waals surface area (Å²) in [6, 6.07) is 13.3. The third-order valence-electron chi connectivity index (χ3n) is 5.49. The Hall–Kier alpha value is -3.28. The number of hydrogen-bond acceptors (Lipinski definition) is 7. The van der Waals surface area contributed by atoms with Crippen LogP contribution in [0.1, 0.15) is 35.8 Å². The number of fused-ring (bicyclic) bond motifs is 1. The summed E-state index contributed by atoms with van der Waals surface area (Å²) < 4.78 is 34.6. The van der Waals surface area contributed by atoms with E-state index in [1.165, 1.54) is 39.9 Å². The molecule has 0 saturated carbocycles. The van der Waals surface area contributed by atoms with Gasteiger partial charge in [-0.3, -0.25) is 4.79 Å². The number of hydrogen-bond donors (Lipinski definition) is 1. The highest BCUT2D eigenvalue weighted by atomic mass is 32.2. The molecule has 2 heterocycles. The lowest BCUT2D eigenvalue weighted by Crippen LogP contribution is -2.28. The lowest BCUT2D eigenvalue weighted by molar-refractivity contribution is 0.102. The smallest absolute Gasteiger partial charge is 0.256 e. The molecule has 0 atom stereocenters. The molecule has 2 aromatic heterocycles. The van der Waals surface area contributed by atoms with E-state index in [1.807, 2.05) is 32.0 Å². The van der Waals surface area contributed by atoms with Gasteiger partial charge in [0, 0.05) is 25.2 Å². The van der Waals surface area contributed by atoms with Gasteiger partial charge in [-0.15, -0.1) is 0 Å². The molecule has 0 aliphatic rings. The molecule has 0 aliphatic heterocycles. The monoisotopic (exact) mass is 513 g/mol. The SMILES string of the molecule is CCCCN(C)S(=O)(=O)c1ccc(C(=O)Nc2cc(C)nn2-c2nc3ccc(OC)cc3s2)cc1. The molecule has 4 aromatic rings. The Balaban J connectivity index is 1.55. The van der Waals surface area contributed by atoms with E-state index in [0.29, 0.717) is 28.8 Å².